The topological polar surface area (TPSA) is 63.4 Å². The third-order valence-corrected chi connectivity index (χ3v) is 5.24. The Kier molecular flexibility index (Phi) is 5.54. The number of hydrogen-bond acceptors (Lipinski definition) is 3. The Morgan fingerprint density at radius 1 is 1.40 bits per heavy atom. The lowest BCUT2D eigenvalue weighted by molar-refractivity contribution is 0.273. The molecule has 0 heterocycles. The molecule has 0 saturated carbocycles. The number of hydrogen-bond donors (Lipinski definition) is 1. The molecular formula is C13H20ClFN2O2S. The lowest BCUT2D eigenvalue weighted by Gasteiger charge is -2.30. The van der Waals surface area contributed by atoms with Gasteiger partial charge in [0.15, 0.2) is 0 Å². The van der Waals surface area contributed by atoms with Gasteiger partial charge in [0, 0.05) is 13.1 Å². The van der Waals surface area contributed by atoms with Crippen molar-refractivity contribution in [3.63, 3.8) is 0 Å². The zero-order valence-corrected chi connectivity index (χ0v) is 13.4. The molecule has 0 aliphatic heterocycles. The highest BCUT2D eigenvalue weighted by atomic mass is 35.5. The van der Waals surface area contributed by atoms with Gasteiger partial charge >= 0.3 is 0 Å². The van der Waals surface area contributed by atoms with Gasteiger partial charge in [-0.05, 0) is 30.2 Å². The predicted octanol–water partition coefficient (Wildman–Crippen LogP) is 2.47. The van der Waals surface area contributed by atoms with E-state index in [-0.39, 0.29) is 21.9 Å². The van der Waals surface area contributed by atoms with Crippen molar-refractivity contribution in [3.05, 3.63) is 29.0 Å². The van der Waals surface area contributed by atoms with E-state index in [9.17, 15) is 12.8 Å². The van der Waals surface area contributed by atoms with Gasteiger partial charge in [0.1, 0.15) is 5.82 Å². The third kappa shape index (κ3) is 3.91. The summed E-state index contributed by atoms with van der Waals surface area (Å²) < 4.78 is 39.5. The van der Waals surface area contributed by atoms with Crippen LogP contribution < -0.4 is 5.73 Å². The molecule has 0 unspecified atom stereocenters. The Hall–Kier alpha value is -0.690. The van der Waals surface area contributed by atoms with E-state index in [1.165, 1.54) is 10.4 Å². The highest BCUT2D eigenvalue weighted by molar-refractivity contribution is 7.89. The van der Waals surface area contributed by atoms with Gasteiger partial charge in [-0.1, -0.05) is 32.4 Å². The third-order valence-electron chi connectivity index (χ3n) is 3.04. The molecular weight excluding hydrogens is 303 g/mol. The van der Waals surface area contributed by atoms with Gasteiger partial charge in [0.25, 0.3) is 0 Å². The molecule has 0 amide bonds. The second-order valence-electron chi connectivity index (χ2n) is 5.38. The van der Waals surface area contributed by atoms with Crippen molar-refractivity contribution in [1.29, 1.82) is 0 Å². The van der Waals surface area contributed by atoms with Crippen LogP contribution in [0.3, 0.4) is 0 Å². The number of nitrogens with two attached hydrogens (primary N) is 1. The lowest BCUT2D eigenvalue weighted by Crippen LogP contribution is -2.41. The van der Waals surface area contributed by atoms with Crippen LogP contribution in [-0.4, -0.2) is 32.4 Å². The van der Waals surface area contributed by atoms with Crippen LogP contribution in [0.25, 0.3) is 0 Å². The van der Waals surface area contributed by atoms with E-state index < -0.39 is 15.8 Å². The molecule has 0 radical (unpaired) electrons. The predicted molar refractivity (Wildman–Crippen MR) is 78.7 cm³/mol. The van der Waals surface area contributed by atoms with Crippen LogP contribution in [0.1, 0.15) is 20.8 Å². The summed E-state index contributed by atoms with van der Waals surface area (Å²) >= 11 is 5.65. The first-order valence-electron chi connectivity index (χ1n) is 6.29. The fourth-order valence-electron chi connectivity index (χ4n) is 1.70. The Morgan fingerprint density at radius 2 is 2.00 bits per heavy atom. The molecule has 0 fully saturated rings. The van der Waals surface area contributed by atoms with Crippen LogP contribution in [0.15, 0.2) is 23.1 Å². The smallest absolute Gasteiger partial charge is 0.243 e. The highest BCUT2D eigenvalue weighted by Crippen LogP contribution is 2.25. The van der Waals surface area contributed by atoms with Crippen molar-refractivity contribution in [1.82, 2.24) is 4.31 Å². The summed E-state index contributed by atoms with van der Waals surface area (Å²) in [5.41, 5.74) is 5.30. The van der Waals surface area contributed by atoms with Crippen LogP contribution in [0.2, 0.25) is 5.02 Å². The Morgan fingerprint density at radius 3 is 2.45 bits per heavy atom. The van der Waals surface area contributed by atoms with Crippen LogP contribution in [0.5, 0.6) is 0 Å². The van der Waals surface area contributed by atoms with Gasteiger partial charge < -0.3 is 5.73 Å². The monoisotopic (exact) mass is 322 g/mol. The zero-order valence-electron chi connectivity index (χ0n) is 11.9. The van der Waals surface area contributed by atoms with Crippen molar-refractivity contribution in [2.45, 2.75) is 25.7 Å². The summed E-state index contributed by atoms with van der Waals surface area (Å²) in [7, 11) is -3.71. The molecule has 1 aromatic carbocycles. The standard InChI is InChI=1S/C13H20ClFN2O2S/c1-4-17(9-13(2,3)8-16)20(18,19)10-5-6-12(15)11(14)7-10/h5-7H,4,8-9,16H2,1-3H3. The van der Waals surface area contributed by atoms with Gasteiger partial charge in [-0.15, -0.1) is 0 Å². The maximum absolute atomic E-state index is 13.1. The molecule has 4 nitrogen and oxygen atoms in total. The summed E-state index contributed by atoms with van der Waals surface area (Å²) in [5, 5.41) is -0.208. The van der Waals surface area contributed by atoms with Crippen LogP contribution in [-0.2, 0) is 10.0 Å². The van der Waals surface area contributed by atoms with Gasteiger partial charge in [0.05, 0.1) is 9.92 Å². The maximum Gasteiger partial charge on any atom is 0.243 e. The van der Waals surface area contributed by atoms with E-state index in [2.05, 4.69) is 0 Å². The van der Waals surface area contributed by atoms with Gasteiger partial charge in [-0.2, -0.15) is 4.31 Å². The molecule has 2 N–H and O–H groups in total. The van der Waals surface area contributed by atoms with Crippen LogP contribution in [0.4, 0.5) is 4.39 Å². The fourth-order valence-corrected chi connectivity index (χ4v) is 3.60. The lowest BCUT2D eigenvalue weighted by atomic mass is 9.94. The second kappa shape index (κ2) is 6.39. The minimum absolute atomic E-state index is 0.0152. The number of halogens is 2. The van der Waals surface area contributed by atoms with Gasteiger partial charge in [-0.3, -0.25) is 0 Å². The minimum atomic E-state index is -3.71. The average molecular weight is 323 g/mol. The minimum Gasteiger partial charge on any atom is -0.330 e. The maximum atomic E-state index is 13.1. The molecule has 0 aromatic heterocycles. The molecule has 0 aliphatic rings. The summed E-state index contributed by atoms with van der Waals surface area (Å²) in [6.07, 6.45) is 0. The first-order valence-corrected chi connectivity index (χ1v) is 8.11. The number of rotatable bonds is 6. The Balaban J connectivity index is 3.15. The molecule has 0 atom stereocenters. The normalized spacial score (nSPS) is 12.9. The average Bonchev–Trinajstić information content (AvgIpc) is 2.39. The van der Waals surface area contributed by atoms with Crippen molar-refractivity contribution in [2.24, 2.45) is 11.1 Å². The van der Waals surface area contributed by atoms with Crippen molar-refractivity contribution in [3.8, 4) is 0 Å². The molecule has 0 bridgehead atoms. The molecule has 20 heavy (non-hydrogen) atoms. The number of benzene rings is 1. The molecule has 1 rings (SSSR count). The first kappa shape index (κ1) is 17.4. The SMILES string of the molecule is CCN(CC(C)(C)CN)S(=O)(=O)c1ccc(F)c(Cl)c1. The molecule has 1 aromatic rings. The number of sulfonamides is 1. The Labute approximate surface area is 124 Å². The fraction of sp³-hybridized carbons (Fsp3) is 0.538. The Bertz CT molecular complexity index is 576. The molecule has 0 spiro atoms. The molecule has 114 valence electrons. The summed E-state index contributed by atoms with van der Waals surface area (Å²) in [6, 6.07) is 3.40. The van der Waals surface area contributed by atoms with E-state index in [1.54, 1.807) is 6.92 Å². The largest absolute Gasteiger partial charge is 0.330 e. The van der Waals surface area contributed by atoms with Crippen molar-refractivity contribution < 1.29 is 12.8 Å². The van der Waals surface area contributed by atoms with Crippen LogP contribution >= 0.6 is 11.6 Å². The molecule has 0 aliphatic carbocycles. The highest BCUT2D eigenvalue weighted by Gasteiger charge is 2.29. The first-order chi connectivity index (χ1) is 9.14. The number of nitrogens with zero attached hydrogens (tertiary/aromatic N) is 1. The molecule has 7 heteroatoms. The van der Waals surface area contributed by atoms with E-state index in [0.717, 1.165) is 12.1 Å². The molecule has 0 saturated heterocycles. The summed E-state index contributed by atoms with van der Waals surface area (Å²) in [4.78, 5) is -0.0152. The van der Waals surface area contributed by atoms with E-state index >= 15 is 0 Å². The summed E-state index contributed by atoms with van der Waals surface area (Å²) in [6.45, 7) is 6.49. The van der Waals surface area contributed by atoms with Crippen molar-refractivity contribution >= 4 is 21.6 Å². The second-order valence-corrected chi connectivity index (χ2v) is 7.72. The quantitative estimate of drug-likeness (QED) is 0.875. The van der Waals surface area contributed by atoms with Crippen molar-refractivity contribution in [2.75, 3.05) is 19.6 Å². The summed E-state index contributed by atoms with van der Waals surface area (Å²) in [5.74, 6) is -0.643. The van der Waals surface area contributed by atoms with E-state index in [4.69, 9.17) is 17.3 Å². The zero-order chi connectivity index (χ0) is 15.6. The van der Waals surface area contributed by atoms with E-state index in [1.807, 2.05) is 13.8 Å². The van der Waals surface area contributed by atoms with E-state index in [0.29, 0.717) is 13.1 Å². The van der Waals surface area contributed by atoms with Crippen LogP contribution in [0, 0.1) is 11.2 Å². The van der Waals surface area contributed by atoms with Gasteiger partial charge in [0.2, 0.25) is 10.0 Å². The van der Waals surface area contributed by atoms with Gasteiger partial charge in [-0.25, -0.2) is 12.8 Å².